The Morgan fingerprint density at radius 3 is 2.60 bits per heavy atom. The lowest BCUT2D eigenvalue weighted by Crippen LogP contribution is -2.35. The predicted octanol–water partition coefficient (Wildman–Crippen LogP) is 1.67. The van der Waals surface area contributed by atoms with Gasteiger partial charge in [0, 0.05) is 24.0 Å². The molecule has 1 N–H and O–H groups in total. The fraction of sp³-hybridized carbons (Fsp3) is 0.176. The molecule has 0 bridgehead atoms. The maximum absolute atomic E-state index is 12.0. The summed E-state index contributed by atoms with van der Waals surface area (Å²) in [5.74, 6) is -1.68. The number of nitrogens with one attached hydrogen (secondary N) is 1. The number of ether oxygens (including phenoxy) is 1. The average molecular weight is 362 g/mol. The van der Waals surface area contributed by atoms with Crippen LogP contribution in [0.4, 0.5) is 5.69 Å². The van der Waals surface area contributed by atoms with Gasteiger partial charge in [0.25, 0.3) is 11.8 Å². The molecule has 1 aromatic carbocycles. The monoisotopic (exact) mass is 361 g/mol. The summed E-state index contributed by atoms with van der Waals surface area (Å²) < 4.78 is 4.87. The largest absolute Gasteiger partial charge is 0.454 e. The van der Waals surface area contributed by atoms with Crippen molar-refractivity contribution < 1.29 is 19.1 Å². The Morgan fingerprint density at radius 2 is 1.92 bits per heavy atom. The van der Waals surface area contributed by atoms with Gasteiger partial charge >= 0.3 is 5.97 Å². The Morgan fingerprint density at radius 1 is 1.20 bits per heavy atom. The Labute approximate surface area is 149 Å². The van der Waals surface area contributed by atoms with Crippen LogP contribution in [0.2, 0.25) is 5.02 Å². The van der Waals surface area contributed by atoms with E-state index in [4.69, 9.17) is 16.3 Å². The first-order valence-electron chi connectivity index (χ1n) is 7.34. The molecule has 8 heteroatoms. The van der Waals surface area contributed by atoms with Crippen molar-refractivity contribution in [3.63, 3.8) is 0 Å². The number of esters is 1. The first kappa shape index (κ1) is 18.4. The maximum Gasteiger partial charge on any atom is 0.325 e. The molecule has 2 aromatic rings. The van der Waals surface area contributed by atoms with Crippen molar-refractivity contribution in [1.29, 1.82) is 0 Å². The average Bonchev–Trinajstić information content (AvgIpc) is 2.64. The van der Waals surface area contributed by atoms with E-state index in [1.165, 1.54) is 23.2 Å². The van der Waals surface area contributed by atoms with E-state index in [0.29, 0.717) is 10.7 Å². The Kier molecular flexibility index (Phi) is 6.47. The third kappa shape index (κ3) is 5.58. The van der Waals surface area contributed by atoms with Crippen LogP contribution in [0.1, 0.15) is 10.5 Å². The highest BCUT2D eigenvalue weighted by atomic mass is 35.5. The van der Waals surface area contributed by atoms with Crippen LogP contribution >= 0.6 is 11.6 Å². The first-order chi connectivity index (χ1) is 12.0. The lowest BCUT2D eigenvalue weighted by Gasteiger charge is -2.17. The number of aromatic nitrogens is 1. The lowest BCUT2D eigenvalue weighted by molar-refractivity contribution is -0.146. The molecular weight excluding hydrogens is 346 g/mol. The van der Waals surface area contributed by atoms with E-state index < -0.39 is 18.5 Å². The Hall–Kier alpha value is -2.93. The second kappa shape index (κ2) is 8.79. The van der Waals surface area contributed by atoms with Crippen LogP contribution < -0.4 is 10.2 Å². The molecule has 0 fully saturated rings. The minimum atomic E-state index is -0.731. The van der Waals surface area contributed by atoms with Gasteiger partial charge in [-0.25, -0.2) is 0 Å². The predicted molar refractivity (Wildman–Crippen MR) is 92.4 cm³/mol. The van der Waals surface area contributed by atoms with E-state index in [1.54, 1.807) is 31.3 Å². The van der Waals surface area contributed by atoms with Gasteiger partial charge in [-0.1, -0.05) is 29.8 Å². The van der Waals surface area contributed by atoms with Crippen LogP contribution in [-0.2, 0) is 14.3 Å². The van der Waals surface area contributed by atoms with Crippen LogP contribution in [0.3, 0.4) is 0 Å². The van der Waals surface area contributed by atoms with Gasteiger partial charge in [0.2, 0.25) is 0 Å². The van der Waals surface area contributed by atoms with Crippen molar-refractivity contribution in [2.75, 3.05) is 25.1 Å². The SMILES string of the molecule is CN(C(=O)COC(=O)CNC(=O)c1cc(Cl)ccn1)c1ccccc1. The number of hydrogen-bond donors (Lipinski definition) is 1. The number of para-hydroxylation sites is 1. The second-order valence-electron chi connectivity index (χ2n) is 4.99. The first-order valence-corrected chi connectivity index (χ1v) is 7.72. The van der Waals surface area contributed by atoms with E-state index in [9.17, 15) is 14.4 Å². The summed E-state index contributed by atoms with van der Waals surface area (Å²) in [7, 11) is 1.58. The number of anilines is 1. The molecule has 0 aliphatic heterocycles. The number of benzene rings is 1. The van der Waals surface area contributed by atoms with Crippen LogP contribution in [-0.4, -0.2) is 43.0 Å². The molecule has 1 aromatic heterocycles. The molecule has 130 valence electrons. The highest BCUT2D eigenvalue weighted by molar-refractivity contribution is 6.30. The van der Waals surface area contributed by atoms with Gasteiger partial charge in [-0.3, -0.25) is 19.4 Å². The number of carbonyl (C=O) groups excluding carboxylic acids is 3. The molecule has 2 amide bonds. The smallest absolute Gasteiger partial charge is 0.325 e. The van der Waals surface area contributed by atoms with Crippen LogP contribution in [0.15, 0.2) is 48.7 Å². The number of carbonyl (C=O) groups is 3. The number of pyridine rings is 1. The van der Waals surface area contributed by atoms with Crippen molar-refractivity contribution in [2.45, 2.75) is 0 Å². The van der Waals surface area contributed by atoms with Gasteiger partial charge in [-0.05, 0) is 24.3 Å². The molecule has 0 aliphatic rings. The van der Waals surface area contributed by atoms with Gasteiger partial charge in [-0.15, -0.1) is 0 Å². The molecule has 0 unspecified atom stereocenters. The van der Waals surface area contributed by atoms with Crippen molar-refractivity contribution in [3.8, 4) is 0 Å². The van der Waals surface area contributed by atoms with Crippen LogP contribution in [0.5, 0.6) is 0 Å². The third-order valence-electron chi connectivity index (χ3n) is 3.22. The van der Waals surface area contributed by atoms with Crippen molar-refractivity contribution in [1.82, 2.24) is 10.3 Å². The Bertz CT molecular complexity index is 767. The van der Waals surface area contributed by atoms with Crippen LogP contribution in [0, 0.1) is 0 Å². The van der Waals surface area contributed by atoms with Crippen molar-refractivity contribution >= 4 is 35.1 Å². The van der Waals surface area contributed by atoms with Gasteiger partial charge in [-0.2, -0.15) is 0 Å². The third-order valence-corrected chi connectivity index (χ3v) is 3.46. The van der Waals surface area contributed by atoms with E-state index in [2.05, 4.69) is 10.3 Å². The summed E-state index contributed by atoms with van der Waals surface area (Å²) in [6, 6.07) is 11.9. The molecule has 0 saturated carbocycles. The van der Waals surface area contributed by atoms with E-state index in [1.807, 2.05) is 6.07 Å². The van der Waals surface area contributed by atoms with E-state index >= 15 is 0 Å². The quantitative estimate of drug-likeness (QED) is 0.791. The molecule has 0 spiro atoms. The highest BCUT2D eigenvalue weighted by Gasteiger charge is 2.15. The minimum Gasteiger partial charge on any atom is -0.454 e. The lowest BCUT2D eigenvalue weighted by atomic mass is 10.3. The van der Waals surface area contributed by atoms with Crippen molar-refractivity contribution in [2.24, 2.45) is 0 Å². The number of hydrogen-bond acceptors (Lipinski definition) is 5. The van der Waals surface area contributed by atoms with Crippen LogP contribution in [0.25, 0.3) is 0 Å². The standard InChI is InChI=1S/C17H16ClN3O4/c1-21(13-5-3-2-4-6-13)15(22)11-25-16(23)10-20-17(24)14-9-12(18)7-8-19-14/h2-9H,10-11H2,1H3,(H,20,24). The summed E-state index contributed by atoms with van der Waals surface area (Å²) in [4.78, 5) is 40.7. The molecule has 0 saturated heterocycles. The number of nitrogens with zero attached hydrogens (tertiary/aromatic N) is 2. The number of amides is 2. The van der Waals surface area contributed by atoms with E-state index in [0.717, 1.165) is 0 Å². The van der Waals surface area contributed by atoms with Gasteiger partial charge in [0.15, 0.2) is 6.61 Å². The maximum atomic E-state index is 12.0. The number of rotatable bonds is 6. The molecule has 7 nitrogen and oxygen atoms in total. The summed E-state index contributed by atoms with van der Waals surface area (Å²) in [5.41, 5.74) is 0.768. The number of likely N-dealkylation sites (N-methyl/N-ethyl adjacent to an activating group) is 1. The fourth-order valence-electron chi connectivity index (χ4n) is 1.86. The molecule has 0 atom stereocenters. The normalized spacial score (nSPS) is 10.0. The van der Waals surface area contributed by atoms with Crippen molar-refractivity contribution in [3.05, 3.63) is 59.4 Å². The molecule has 0 aliphatic carbocycles. The zero-order chi connectivity index (χ0) is 18.2. The topological polar surface area (TPSA) is 88.6 Å². The van der Waals surface area contributed by atoms with E-state index in [-0.39, 0.29) is 18.1 Å². The summed E-state index contributed by atoms with van der Waals surface area (Å²) in [6.07, 6.45) is 1.38. The van der Waals surface area contributed by atoms with Gasteiger partial charge in [0.05, 0.1) is 0 Å². The fourth-order valence-corrected chi connectivity index (χ4v) is 2.02. The summed E-state index contributed by atoms with van der Waals surface area (Å²) in [6.45, 7) is -0.801. The minimum absolute atomic E-state index is 0.0835. The second-order valence-corrected chi connectivity index (χ2v) is 5.43. The zero-order valence-corrected chi connectivity index (χ0v) is 14.2. The molecule has 25 heavy (non-hydrogen) atoms. The molecule has 2 rings (SSSR count). The van der Waals surface area contributed by atoms with Gasteiger partial charge in [0.1, 0.15) is 12.2 Å². The summed E-state index contributed by atoms with van der Waals surface area (Å²) in [5, 5.41) is 2.71. The number of halogens is 1. The molecular formula is C17H16ClN3O4. The summed E-state index contributed by atoms with van der Waals surface area (Å²) >= 11 is 5.76. The zero-order valence-electron chi connectivity index (χ0n) is 13.4. The van der Waals surface area contributed by atoms with Gasteiger partial charge < -0.3 is 15.0 Å². The highest BCUT2D eigenvalue weighted by Crippen LogP contribution is 2.11. The molecule has 0 radical (unpaired) electrons. The molecule has 1 heterocycles. The Balaban J connectivity index is 1.77.